The highest BCUT2D eigenvalue weighted by atomic mass is 127. The van der Waals surface area contributed by atoms with Crippen molar-refractivity contribution in [2.24, 2.45) is 0 Å². The third-order valence-electron chi connectivity index (χ3n) is 3.16. The Morgan fingerprint density at radius 2 is 2.25 bits per heavy atom. The molecule has 1 N–H and O–H groups in total. The highest BCUT2D eigenvalue weighted by molar-refractivity contribution is 14.1. The van der Waals surface area contributed by atoms with E-state index in [0.717, 1.165) is 29.4 Å². The summed E-state index contributed by atoms with van der Waals surface area (Å²) in [7, 11) is 1.44. The van der Waals surface area contributed by atoms with Crippen LogP contribution in [0.4, 0.5) is 0 Å². The van der Waals surface area contributed by atoms with Crippen LogP contribution in [0.2, 0.25) is 0 Å². The highest BCUT2D eigenvalue weighted by Gasteiger charge is 2.33. The molecule has 0 bridgehead atoms. The molecular formula is C14H24IN3O2. The zero-order valence-electron chi connectivity index (χ0n) is 12.6. The van der Waals surface area contributed by atoms with Crippen LogP contribution in [0.5, 0.6) is 0 Å². The van der Waals surface area contributed by atoms with Crippen LogP contribution in [0.3, 0.4) is 0 Å². The first-order valence-electron chi connectivity index (χ1n) is 6.91. The molecule has 0 aliphatic rings. The van der Waals surface area contributed by atoms with Crippen LogP contribution >= 0.6 is 22.6 Å². The molecule has 1 unspecified atom stereocenters. The molecule has 1 heterocycles. The molecule has 1 atom stereocenters. The van der Waals surface area contributed by atoms with Crippen LogP contribution in [0.15, 0.2) is 12.4 Å². The summed E-state index contributed by atoms with van der Waals surface area (Å²) < 4.78 is 7.99. The quantitative estimate of drug-likeness (QED) is 0.419. The van der Waals surface area contributed by atoms with E-state index in [4.69, 9.17) is 4.74 Å². The largest absolute Gasteiger partial charge is 0.468 e. The van der Waals surface area contributed by atoms with Gasteiger partial charge in [0.2, 0.25) is 0 Å². The zero-order chi connectivity index (χ0) is 15.2. The lowest BCUT2D eigenvalue weighted by molar-refractivity contribution is -0.148. The predicted octanol–water partition coefficient (Wildman–Crippen LogP) is 2.59. The van der Waals surface area contributed by atoms with E-state index >= 15 is 0 Å². The van der Waals surface area contributed by atoms with E-state index in [-0.39, 0.29) is 12.0 Å². The maximum Gasteiger partial charge on any atom is 0.325 e. The number of nitrogens with one attached hydrogen (secondary N) is 1. The number of rotatable bonds is 8. The van der Waals surface area contributed by atoms with Gasteiger partial charge in [0.25, 0.3) is 0 Å². The molecule has 0 saturated heterocycles. The maximum atomic E-state index is 11.9. The molecule has 0 radical (unpaired) electrons. The fourth-order valence-corrected chi connectivity index (χ4v) is 2.75. The van der Waals surface area contributed by atoms with Gasteiger partial charge in [-0.05, 0) is 62.6 Å². The minimum absolute atomic E-state index is 0.195. The van der Waals surface area contributed by atoms with Gasteiger partial charge in [-0.1, -0.05) is 0 Å². The van der Waals surface area contributed by atoms with Crippen molar-refractivity contribution in [1.82, 2.24) is 15.1 Å². The van der Waals surface area contributed by atoms with E-state index in [1.165, 1.54) is 7.11 Å². The average molecular weight is 393 g/mol. The topological polar surface area (TPSA) is 56.2 Å². The first kappa shape index (κ1) is 17.4. The van der Waals surface area contributed by atoms with Crippen molar-refractivity contribution < 1.29 is 9.53 Å². The van der Waals surface area contributed by atoms with E-state index in [0.29, 0.717) is 0 Å². The molecule has 0 saturated carbocycles. The fraction of sp³-hybridized carbons (Fsp3) is 0.714. The van der Waals surface area contributed by atoms with Crippen LogP contribution in [0, 0.1) is 3.57 Å². The van der Waals surface area contributed by atoms with Gasteiger partial charge in [-0.2, -0.15) is 5.10 Å². The number of unbranched alkanes of at least 4 members (excludes halogenated alkanes) is 1. The summed E-state index contributed by atoms with van der Waals surface area (Å²) in [6, 6.07) is 0.242. The van der Waals surface area contributed by atoms with E-state index < -0.39 is 5.54 Å². The molecule has 5 nitrogen and oxygen atoms in total. The van der Waals surface area contributed by atoms with Gasteiger partial charge in [0.15, 0.2) is 0 Å². The van der Waals surface area contributed by atoms with E-state index in [9.17, 15) is 4.79 Å². The summed E-state index contributed by atoms with van der Waals surface area (Å²) in [6.07, 6.45) is 6.56. The second-order valence-corrected chi connectivity index (χ2v) is 6.75. The Kier molecular flexibility index (Phi) is 6.94. The van der Waals surface area contributed by atoms with Gasteiger partial charge in [-0.25, -0.2) is 0 Å². The lowest BCUT2D eigenvalue weighted by Gasteiger charge is -2.30. The lowest BCUT2D eigenvalue weighted by atomic mass is 9.94. The van der Waals surface area contributed by atoms with Gasteiger partial charge in [0.1, 0.15) is 5.54 Å². The number of carbonyl (C=O) groups is 1. The summed E-state index contributed by atoms with van der Waals surface area (Å²) in [5.41, 5.74) is -0.610. The summed E-state index contributed by atoms with van der Waals surface area (Å²) in [5, 5.41) is 7.56. The highest BCUT2D eigenvalue weighted by Crippen LogP contribution is 2.17. The van der Waals surface area contributed by atoms with E-state index in [1.54, 1.807) is 0 Å². The molecule has 0 spiro atoms. The Morgan fingerprint density at radius 1 is 1.55 bits per heavy atom. The van der Waals surface area contributed by atoms with Crippen molar-refractivity contribution in [3.05, 3.63) is 16.0 Å². The minimum Gasteiger partial charge on any atom is -0.468 e. The first-order valence-corrected chi connectivity index (χ1v) is 7.99. The maximum absolute atomic E-state index is 11.9. The molecule has 0 aliphatic carbocycles. The van der Waals surface area contributed by atoms with Gasteiger partial charge in [-0.15, -0.1) is 0 Å². The lowest BCUT2D eigenvalue weighted by Crippen LogP contribution is -2.52. The van der Waals surface area contributed by atoms with E-state index in [2.05, 4.69) is 33.0 Å². The van der Waals surface area contributed by atoms with E-state index in [1.807, 2.05) is 37.8 Å². The van der Waals surface area contributed by atoms with Gasteiger partial charge in [-0.3, -0.25) is 14.8 Å². The molecule has 6 heteroatoms. The Hall–Kier alpha value is -0.630. The van der Waals surface area contributed by atoms with Crippen LogP contribution in [-0.2, 0) is 16.1 Å². The molecule has 0 aliphatic heterocycles. The van der Waals surface area contributed by atoms with Crippen molar-refractivity contribution >= 4 is 28.6 Å². The van der Waals surface area contributed by atoms with Crippen molar-refractivity contribution in [1.29, 1.82) is 0 Å². The molecule has 20 heavy (non-hydrogen) atoms. The number of nitrogens with zero attached hydrogens (tertiary/aromatic N) is 2. The molecule has 1 rings (SSSR count). The Labute approximate surface area is 134 Å². The number of hydrogen-bond donors (Lipinski definition) is 1. The second-order valence-electron chi connectivity index (χ2n) is 5.50. The molecule has 1 aromatic heterocycles. The number of esters is 1. The fourth-order valence-electron chi connectivity index (χ4n) is 2.31. The number of hydrogen-bond acceptors (Lipinski definition) is 4. The summed E-state index contributed by atoms with van der Waals surface area (Å²) in [4.78, 5) is 11.9. The van der Waals surface area contributed by atoms with Crippen LogP contribution in [0.1, 0.15) is 40.0 Å². The van der Waals surface area contributed by atoms with Crippen LogP contribution in [-0.4, -0.2) is 34.4 Å². The number of aromatic nitrogens is 2. The van der Waals surface area contributed by atoms with Gasteiger partial charge in [0, 0.05) is 18.8 Å². The average Bonchev–Trinajstić information content (AvgIpc) is 2.78. The van der Waals surface area contributed by atoms with Gasteiger partial charge in [0.05, 0.1) is 16.9 Å². The van der Waals surface area contributed by atoms with Crippen molar-refractivity contribution in [2.75, 3.05) is 7.11 Å². The van der Waals surface area contributed by atoms with Crippen molar-refractivity contribution in [3.63, 3.8) is 0 Å². The third-order valence-corrected chi connectivity index (χ3v) is 3.72. The smallest absolute Gasteiger partial charge is 0.325 e. The van der Waals surface area contributed by atoms with Gasteiger partial charge < -0.3 is 4.74 Å². The molecule has 1 aromatic rings. The number of aryl methyl sites for hydroxylation is 1. The second kappa shape index (κ2) is 7.97. The monoisotopic (exact) mass is 393 g/mol. The van der Waals surface area contributed by atoms with Crippen LogP contribution < -0.4 is 5.32 Å². The van der Waals surface area contributed by atoms with Crippen molar-refractivity contribution in [2.45, 2.75) is 58.2 Å². The Balaban J connectivity index is 2.44. The summed E-state index contributed by atoms with van der Waals surface area (Å²) in [6.45, 7) is 6.86. The SMILES string of the molecule is COC(=O)C(C)(CCCCn1cc(I)cn1)NC(C)C. The molecule has 0 aromatic carbocycles. The number of methoxy groups -OCH3 is 1. The van der Waals surface area contributed by atoms with Crippen LogP contribution in [0.25, 0.3) is 0 Å². The molecule has 114 valence electrons. The standard InChI is InChI=1S/C14H24IN3O2/c1-11(2)17-14(3,13(19)20-4)7-5-6-8-18-10-12(15)9-16-18/h9-11,17H,5-8H2,1-4H3. The third kappa shape index (κ3) is 5.40. The summed E-state index contributed by atoms with van der Waals surface area (Å²) >= 11 is 2.25. The number of carbonyl (C=O) groups excluding carboxylic acids is 1. The van der Waals surface area contributed by atoms with Gasteiger partial charge >= 0.3 is 5.97 Å². The predicted molar refractivity (Wildman–Crippen MR) is 87.5 cm³/mol. The normalized spacial score (nSPS) is 14.3. The van der Waals surface area contributed by atoms with Crippen molar-refractivity contribution in [3.8, 4) is 0 Å². The molecule has 0 amide bonds. The zero-order valence-corrected chi connectivity index (χ0v) is 14.8. The first-order chi connectivity index (χ1) is 9.37. The Morgan fingerprint density at radius 3 is 2.75 bits per heavy atom. The number of ether oxygens (including phenoxy) is 1. The summed E-state index contributed by atoms with van der Waals surface area (Å²) in [5.74, 6) is -0.195. The Bertz CT molecular complexity index is 434. The molecular weight excluding hydrogens is 369 g/mol. The molecule has 0 fully saturated rings. The number of halogens is 1. The minimum atomic E-state index is -0.610.